The summed E-state index contributed by atoms with van der Waals surface area (Å²) in [4.78, 5) is 1.69. The number of benzene rings is 1. The maximum Gasteiger partial charge on any atom is 0.152 e. The summed E-state index contributed by atoms with van der Waals surface area (Å²) in [6.45, 7) is 9.26. The van der Waals surface area contributed by atoms with Gasteiger partial charge in [0.05, 0.1) is 0 Å². The Morgan fingerprint density at radius 2 is 1.70 bits per heavy atom. The Labute approximate surface area is 118 Å². The second kappa shape index (κ2) is 5.28. The molecule has 1 fully saturated rings. The summed E-state index contributed by atoms with van der Waals surface area (Å²) in [7, 11) is 0. The van der Waals surface area contributed by atoms with Crippen LogP contribution in [0.3, 0.4) is 0 Å². The van der Waals surface area contributed by atoms with E-state index in [0.717, 1.165) is 12.1 Å². The topological polar surface area (TPSA) is 15.3 Å². The maximum atomic E-state index is 14.0. The molecular formula is C15H21F3N2. The third kappa shape index (κ3) is 2.92. The molecule has 20 heavy (non-hydrogen) atoms. The molecule has 2 atom stereocenters. The Morgan fingerprint density at radius 3 is 2.20 bits per heavy atom. The molecule has 1 aromatic rings. The second-order valence-corrected chi connectivity index (χ2v) is 6.55. The number of rotatable bonds is 1. The van der Waals surface area contributed by atoms with Crippen LogP contribution in [0.25, 0.3) is 0 Å². The van der Waals surface area contributed by atoms with Crippen molar-refractivity contribution < 1.29 is 13.2 Å². The lowest BCUT2D eigenvalue weighted by molar-refractivity contribution is 0.237. The van der Waals surface area contributed by atoms with Crippen molar-refractivity contribution >= 4 is 5.69 Å². The quantitative estimate of drug-likeness (QED) is 0.852. The van der Waals surface area contributed by atoms with Gasteiger partial charge in [0.1, 0.15) is 11.5 Å². The Balaban J connectivity index is 2.35. The van der Waals surface area contributed by atoms with E-state index >= 15 is 0 Å². The fraction of sp³-hybridized carbons (Fsp3) is 0.600. The van der Waals surface area contributed by atoms with Crippen molar-refractivity contribution in [3.63, 3.8) is 0 Å². The van der Waals surface area contributed by atoms with Crippen molar-refractivity contribution in [1.29, 1.82) is 0 Å². The standard InChI is InChI=1S/C15H21F3N2/c1-9-7-19-13(15(2,3)4)8-20(9)14-11(17)5-10(16)6-12(14)18/h5-6,9,13,19H,7-8H2,1-4H3. The molecular weight excluding hydrogens is 265 g/mol. The van der Waals surface area contributed by atoms with Crippen LogP contribution in [-0.2, 0) is 0 Å². The Bertz CT molecular complexity index is 473. The number of hydrogen-bond donors (Lipinski definition) is 1. The number of piperazine rings is 1. The molecule has 0 amide bonds. The minimum atomic E-state index is -0.890. The Morgan fingerprint density at radius 1 is 1.15 bits per heavy atom. The third-order valence-electron chi connectivity index (χ3n) is 3.89. The normalized spacial score (nSPS) is 24.1. The van der Waals surface area contributed by atoms with Crippen LogP contribution in [0.1, 0.15) is 27.7 Å². The van der Waals surface area contributed by atoms with Gasteiger partial charge in [0.15, 0.2) is 11.6 Å². The first-order valence-corrected chi connectivity index (χ1v) is 6.84. The molecule has 112 valence electrons. The van der Waals surface area contributed by atoms with Crippen molar-refractivity contribution in [2.24, 2.45) is 5.41 Å². The fourth-order valence-corrected chi connectivity index (χ4v) is 2.56. The van der Waals surface area contributed by atoms with E-state index in [0.29, 0.717) is 13.1 Å². The molecule has 2 rings (SSSR count). The van der Waals surface area contributed by atoms with E-state index in [4.69, 9.17) is 0 Å². The number of halogens is 3. The van der Waals surface area contributed by atoms with Crippen LogP contribution in [0.4, 0.5) is 18.9 Å². The van der Waals surface area contributed by atoms with Gasteiger partial charge in [-0.1, -0.05) is 20.8 Å². The molecule has 0 spiro atoms. The van der Waals surface area contributed by atoms with Gasteiger partial charge < -0.3 is 10.2 Å². The SMILES string of the molecule is CC1CNC(C(C)(C)C)CN1c1c(F)cc(F)cc1F. The first kappa shape index (κ1) is 15.2. The van der Waals surface area contributed by atoms with E-state index in [1.807, 2.05) is 6.92 Å². The van der Waals surface area contributed by atoms with E-state index in [2.05, 4.69) is 26.1 Å². The molecule has 2 nitrogen and oxygen atoms in total. The van der Waals surface area contributed by atoms with Crippen LogP contribution >= 0.6 is 0 Å². The zero-order valence-corrected chi connectivity index (χ0v) is 12.3. The van der Waals surface area contributed by atoms with Gasteiger partial charge in [-0.25, -0.2) is 13.2 Å². The lowest BCUT2D eigenvalue weighted by Crippen LogP contribution is -2.60. The van der Waals surface area contributed by atoms with Gasteiger partial charge in [0.25, 0.3) is 0 Å². The minimum absolute atomic E-state index is 0.0224. The van der Waals surface area contributed by atoms with Crippen LogP contribution in [0, 0.1) is 22.9 Å². The molecule has 0 bridgehead atoms. The van der Waals surface area contributed by atoms with Crippen molar-refractivity contribution in [3.8, 4) is 0 Å². The first-order valence-electron chi connectivity index (χ1n) is 6.84. The van der Waals surface area contributed by atoms with Crippen molar-refractivity contribution in [1.82, 2.24) is 5.32 Å². The zero-order chi connectivity index (χ0) is 15.1. The van der Waals surface area contributed by atoms with Crippen LogP contribution < -0.4 is 10.2 Å². The number of nitrogens with zero attached hydrogens (tertiary/aromatic N) is 1. The molecule has 1 aromatic carbocycles. The highest BCUT2D eigenvalue weighted by Crippen LogP contribution is 2.31. The van der Waals surface area contributed by atoms with E-state index < -0.39 is 17.5 Å². The molecule has 0 saturated carbocycles. The monoisotopic (exact) mass is 286 g/mol. The van der Waals surface area contributed by atoms with E-state index in [1.165, 1.54) is 0 Å². The number of hydrogen-bond acceptors (Lipinski definition) is 2. The average Bonchev–Trinajstić information content (AvgIpc) is 2.28. The summed E-state index contributed by atoms with van der Waals surface area (Å²) in [6.07, 6.45) is 0. The molecule has 1 heterocycles. The lowest BCUT2D eigenvalue weighted by atomic mass is 9.84. The molecule has 0 aromatic heterocycles. The summed E-state index contributed by atoms with van der Waals surface area (Å²) in [5.74, 6) is -2.58. The Kier molecular flexibility index (Phi) is 4.00. The van der Waals surface area contributed by atoms with E-state index in [1.54, 1.807) is 4.90 Å². The Hall–Kier alpha value is -1.23. The second-order valence-electron chi connectivity index (χ2n) is 6.55. The lowest BCUT2D eigenvalue weighted by Gasteiger charge is -2.45. The highest BCUT2D eigenvalue weighted by molar-refractivity contribution is 5.51. The van der Waals surface area contributed by atoms with Gasteiger partial charge in [0.2, 0.25) is 0 Å². The predicted molar refractivity (Wildman–Crippen MR) is 74.4 cm³/mol. The molecule has 1 aliphatic heterocycles. The number of anilines is 1. The summed E-state index contributed by atoms with van der Waals surface area (Å²) < 4.78 is 40.9. The molecule has 5 heteroatoms. The van der Waals surface area contributed by atoms with Crippen molar-refractivity contribution in [2.75, 3.05) is 18.0 Å². The zero-order valence-electron chi connectivity index (χ0n) is 12.3. The van der Waals surface area contributed by atoms with Gasteiger partial charge in [-0.2, -0.15) is 0 Å². The smallest absolute Gasteiger partial charge is 0.152 e. The molecule has 1 aliphatic rings. The van der Waals surface area contributed by atoms with Gasteiger partial charge in [-0.3, -0.25) is 0 Å². The summed E-state index contributed by atoms with van der Waals surface area (Å²) >= 11 is 0. The van der Waals surface area contributed by atoms with Crippen LogP contribution in [-0.4, -0.2) is 25.2 Å². The highest BCUT2D eigenvalue weighted by Gasteiger charge is 2.34. The van der Waals surface area contributed by atoms with Crippen LogP contribution in [0.2, 0.25) is 0 Å². The van der Waals surface area contributed by atoms with Crippen LogP contribution in [0.5, 0.6) is 0 Å². The van der Waals surface area contributed by atoms with E-state index in [-0.39, 0.29) is 23.2 Å². The molecule has 1 N–H and O–H groups in total. The third-order valence-corrected chi connectivity index (χ3v) is 3.89. The molecule has 2 unspecified atom stereocenters. The van der Waals surface area contributed by atoms with Crippen molar-refractivity contribution in [2.45, 2.75) is 39.8 Å². The van der Waals surface area contributed by atoms with Gasteiger partial charge in [-0.15, -0.1) is 0 Å². The van der Waals surface area contributed by atoms with Crippen LogP contribution in [0.15, 0.2) is 12.1 Å². The van der Waals surface area contributed by atoms with Gasteiger partial charge in [-0.05, 0) is 12.3 Å². The molecule has 0 radical (unpaired) electrons. The molecule has 0 aliphatic carbocycles. The minimum Gasteiger partial charge on any atom is -0.361 e. The molecule has 1 saturated heterocycles. The highest BCUT2D eigenvalue weighted by atomic mass is 19.1. The summed E-state index contributed by atoms with van der Waals surface area (Å²) in [6, 6.07) is 1.53. The van der Waals surface area contributed by atoms with Gasteiger partial charge >= 0.3 is 0 Å². The predicted octanol–water partition coefficient (Wildman–Crippen LogP) is 3.32. The summed E-state index contributed by atoms with van der Waals surface area (Å²) in [5.41, 5.74) is -0.152. The first-order chi connectivity index (χ1) is 9.20. The fourth-order valence-electron chi connectivity index (χ4n) is 2.56. The van der Waals surface area contributed by atoms with E-state index in [9.17, 15) is 13.2 Å². The van der Waals surface area contributed by atoms with Gasteiger partial charge in [0, 0.05) is 37.3 Å². The maximum absolute atomic E-state index is 14.0. The number of nitrogens with one attached hydrogen (secondary N) is 1. The summed E-state index contributed by atoms with van der Waals surface area (Å²) in [5, 5.41) is 3.40. The largest absolute Gasteiger partial charge is 0.361 e. The van der Waals surface area contributed by atoms with Crippen molar-refractivity contribution in [3.05, 3.63) is 29.6 Å². The average molecular weight is 286 g/mol.